The van der Waals surface area contributed by atoms with Crippen LogP contribution in [0.3, 0.4) is 0 Å². The molecule has 162 valence electrons. The summed E-state index contributed by atoms with van der Waals surface area (Å²) in [5.74, 6) is 2.60. The first-order valence-electron chi connectivity index (χ1n) is 8.63. The van der Waals surface area contributed by atoms with Crippen molar-refractivity contribution in [2.24, 2.45) is 0 Å². The third-order valence-electron chi connectivity index (χ3n) is 4.40. The molecule has 10 nitrogen and oxygen atoms in total. The van der Waals surface area contributed by atoms with E-state index in [1.807, 2.05) is 0 Å². The zero-order valence-electron chi connectivity index (χ0n) is 15.2. The highest BCUT2D eigenvalue weighted by Crippen LogP contribution is 2.44. The second-order valence-corrected chi connectivity index (χ2v) is 7.99. The van der Waals surface area contributed by atoms with E-state index in [0.29, 0.717) is 19.8 Å². The number of aliphatic hydroxyl groups is 4. The summed E-state index contributed by atoms with van der Waals surface area (Å²) < 4.78 is 17.2. The van der Waals surface area contributed by atoms with Crippen LogP contribution in [-0.4, -0.2) is 75.4 Å². The van der Waals surface area contributed by atoms with E-state index in [0.717, 1.165) is 0 Å². The van der Waals surface area contributed by atoms with Gasteiger partial charge in [-0.25, -0.2) is 4.79 Å². The molecular weight excluding hydrogens is 532 g/mol. The zero-order valence-corrected chi connectivity index (χ0v) is 18.4. The molecule has 1 aromatic heterocycles. The number of benzene rings is 1. The molecule has 1 fully saturated rings. The molecule has 2 heterocycles. The van der Waals surface area contributed by atoms with Gasteiger partial charge in [-0.1, -0.05) is 5.92 Å². The maximum absolute atomic E-state index is 11.9. The number of carbonyl (C=O) groups excluding carboxylic acids is 1. The van der Waals surface area contributed by atoms with Gasteiger partial charge in [0.2, 0.25) is 6.29 Å². The van der Waals surface area contributed by atoms with Gasteiger partial charge in [-0.2, -0.15) is 0 Å². The molecule has 2 aromatic rings. The highest BCUT2D eigenvalue weighted by Gasteiger charge is 2.45. The van der Waals surface area contributed by atoms with Gasteiger partial charge in [0.05, 0.1) is 33.0 Å². The maximum Gasteiger partial charge on any atom is 0.413 e. The first-order chi connectivity index (χ1) is 14.3. The van der Waals surface area contributed by atoms with Crippen molar-refractivity contribution in [2.75, 3.05) is 13.2 Å². The number of ether oxygens (including phenoxy) is 3. The van der Waals surface area contributed by atoms with Gasteiger partial charge in [0, 0.05) is 6.20 Å². The third kappa shape index (κ3) is 4.42. The quantitative estimate of drug-likeness (QED) is 0.296. The predicted octanol–water partition coefficient (Wildman–Crippen LogP) is 0.593. The number of H-pyrrole nitrogens is 1. The van der Waals surface area contributed by atoms with Crippen molar-refractivity contribution in [3.05, 3.63) is 21.2 Å². The van der Waals surface area contributed by atoms with Gasteiger partial charge in [0.15, 0.2) is 5.75 Å². The van der Waals surface area contributed by atoms with Crippen LogP contribution in [0.25, 0.3) is 10.9 Å². The van der Waals surface area contributed by atoms with Gasteiger partial charge in [0.25, 0.3) is 0 Å². The first-order valence-corrected chi connectivity index (χ1v) is 10.2. The lowest BCUT2D eigenvalue weighted by molar-refractivity contribution is -0.277. The summed E-state index contributed by atoms with van der Waals surface area (Å²) in [5.41, 5.74) is 0.588. The Morgan fingerprint density at radius 3 is 2.70 bits per heavy atom. The summed E-state index contributed by atoms with van der Waals surface area (Å²) in [7, 11) is 0. The second-order valence-electron chi connectivity index (χ2n) is 6.34. The fourth-order valence-corrected chi connectivity index (χ4v) is 4.38. The largest absolute Gasteiger partial charge is 0.460 e. The van der Waals surface area contributed by atoms with E-state index in [-0.39, 0.29) is 18.0 Å². The molecule has 3 rings (SSSR count). The minimum atomic E-state index is -1.58. The van der Waals surface area contributed by atoms with Gasteiger partial charge in [0.1, 0.15) is 30.2 Å². The van der Waals surface area contributed by atoms with Gasteiger partial charge in [-0.05, 0) is 37.9 Å². The van der Waals surface area contributed by atoms with Crippen LogP contribution in [0.1, 0.15) is 0 Å². The minimum Gasteiger partial charge on any atom is -0.460 e. The van der Waals surface area contributed by atoms with Crippen LogP contribution in [0.2, 0.25) is 0 Å². The highest BCUT2D eigenvalue weighted by atomic mass is 79.9. The van der Waals surface area contributed by atoms with Crippen LogP contribution in [0.15, 0.2) is 21.2 Å². The van der Waals surface area contributed by atoms with E-state index in [1.165, 1.54) is 6.20 Å². The fourth-order valence-electron chi connectivity index (χ4n) is 2.90. The molecule has 1 aromatic carbocycles. The molecule has 0 radical (unpaired) electrons. The monoisotopic (exact) mass is 548 g/mol. The van der Waals surface area contributed by atoms with E-state index in [4.69, 9.17) is 20.6 Å². The molecule has 6 N–H and O–H groups in total. The van der Waals surface area contributed by atoms with Gasteiger partial charge < -0.3 is 44.9 Å². The van der Waals surface area contributed by atoms with Crippen LogP contribution in [0.5, 0.6) is 11.5 Å². The van der Waals surface area contributed by atoms with Crippen LogP contribution in [0, 0.1) is 12.3 Å². The lowest BCUT2D eigenvalue weighted by Gasteiger charge is -2.39. The number of halogens is 2. The predicted molar refractivity (Wildman–Crippen MR) is 111 cm³/mol. The summed E-state index contributed by atoms with van der Waals surface area (Å²) in [5, 5.41) is 42.2. The summed E-state index contributed by atoms with van der Waals surface area (Å²) in [6, 6.07) is 1.64. The topological polar surface area (TPSA) is 154 Å². The summed E-state index contributed by atoms with van der Waals surface area (Å²) >= 11 is 6.70. The Labute approximate surface area is 187 Å². The van der Waals surface area contributed by atoms with Crippen molar-refractivity contribution in [1.29, 1.82) is 0 Å². The fraction of sp³-hybridized carbons (Fsp3) is 0.389. The summed E-state index contributed by atoms with van der Waals surface area (Å²) in [4.78, 5) is 14.9. The number of aromatic nitrogens is 1. The number of hydrogen-bond acceptors (Lipinski definition) is 8. The van der Waals surface area contributed by atoms with Crippen molar-refractivity contribution in [3.8, 4) is 23.8 Å². The first kappa shape index (κ1) is 22.8. The molecule has 0 aliphatic carbocycles. The molecular formula is C18H18Br2N2O8. The SMILES string of the molecule is C#CCNC(=O)Oc1c(Br)cc2[nH]cc(O[C@@H]3O[C@H](CO)[C@@H](O)[C@H](O)[C@H]3O)c2c1Br. The molecule has 5 atom stereocenters. The van der Waals surface area contributed by atoms with Crippen molar-refractivity contribution in [3.63, 3.8) is 0 Å². The molecule has 0 bridgehead atoms. The number of rotatable bonds is 5. The molecule has 30 heavy (non-hydrogen) atoms. The summed E-state index contributed by atoms with van der Waals surface area (Å²) in [6.07, 6.45) is -1.33. The number of nitrogens with one attached hydrogen (secondary N) is 2. The van der Waals surface area contributed by atoms with E-state index in [1.54, 1.807) is 6.07 Å². The van der Waals surface area contributed by atoms with Crippen LogP contribution in [-0.2, 0) is 4.74 Å². The standard InChI is InChI=1S/C18H18Br2N2O8/c1-2-3-21-18(27)30-16-7(19)4-8-11(12(16)20)9(5-22-8)28-17-15(26)14(25)13(24)10(6-23)29-17/h1,4-5,10,13-15,17,22-26H,3,6H2,(H,21,27)/t10-,13-,14+,15-,17-/m1/s1. The van der Waals surface area contributed by atoms with Crippen molar-refractivity contribution < 1.29 is 39.4 Å². The number of aliphatic hydroxyl groups excluding tert-OH is 4. The molecule has 0 unspecified atom stereocenters. The normalized spacial score (nSPS) is 26.2. The Hall–Kier alpha value is -1.85. The number of hydrogen-bond donors (Lipinski definition) is 6. The Morgan fingerprint density at radius 2 is 2.03 bits per heavy atom. The van der Waals surface area contributed by atoms with Crippen LogP contribution < -0.4 is 14.8 Å². The van der Waals surface area contributed by atoms with Gasteiger partial charge in [-0.3, -0.25) is 0 Å². The minimum absolute atomic E-state index is 0.00800. The Bertz CT molecular complexity index is 973. The molecule has 1 aliphatic heterocycles. The average molecular weight is 550 g/mol. The molecule has 12 heteroatoms. The molecule has 0 saturated carbocycles. The number of terminal acetylenes is 1. The Balaban J connectivity index is 1.91. The molecule has 0 spiro atoms. The third-order valence-corrected chi connectivity index (χ3v) is 5.75. The molecule has 1 amide bonds. The van der Waals surface area contributed by atoms with Crippen LogP contribution >= 0.6 is 31.9 Å². The number of fused-ring (bicyclic) bond motifs is 1. The van der Waals surface area contributed by atoms with E-state index >= 15 is 0 Å². The summed E-state index contributed by atoms with van der Waals surface area (Å²) in [6.45, 7) is -0.591. The average Bonchev–Trinajstić information content (AvgIpc) is 3.12. The lowest BCUT2D eigenvalue weighted by atomic mass is 9.99. The van der Waals surface area contributed by atoms with Gasteiger partial charge in [-0.15, -0.1) is 6.42 Å². The highest BCUT2D eigenvalue weighted by molar-refractivity contribution is 9.11. The second kappa shape index (κ2) is 9.52. The number of amides is 1. The molecule has 1 saturated heterocycles. The van der Waals surface area contributed by atoms with Crippen LogP contribution in [0.4, 0.5) is 4.79 Å². The number of carbonyl (C=O) groups is 1. The van der Waals surface area contributed by atoms with E-state index < -0.39 is 43.4 Å². The Morgan fingerprint density at radius 1 is 1.30 bits per heavy atom. The van der Waals surface area contributed by atoms with Crippen molar-refractivity contribution in [1.82, 2.24) is 10.3 Å². The van der Waals surface area contributed by atoms with E-state index in [9.17, 15) is 25.2 Å². The van der Waals surface area contributed by atoms with Crippen molar-refractivity contribution in [2.45, 2.75) is 30.7 Å². The zero-order chi connectivity index (χ0) is 22.0. The lowest BCUT2D eigenvalue weighted by Crippen LogP contribution is -2.60. The van der Waals surface area contributed by atoms with Gasteiger partial charge >= 0.3 is 6.09 Å². The Kier molecular flexibility index (Phi) is 7.25. The van der Waals surface area contributed by atoms with E-state index in [2.05, 4.69) is 48.1 Å². The number of aromatic amines is 1. The maximum atomic E-state index is 11.9. The molecule has 1 aliphatic rings. The van der Waals surface area contributed by atoms with Crippen molar-refractivity contribution >= 4 is 48.9 Å². The smallest absolute Gasteiger partial charge is 0.413 e.